The Labute approximate surface area is 243 Å². The van der Waals surface area contributed by atoms with Gasteiger partial charge in [0, 0.05) is 49.3 Å². The predicted octanol–water partition coefficient (Wildman–Crippen LogP) is 3.83. The highest BCUT2D eigenvalue weighted by atomic mass is 19.1. The van der Waals surface area contributed by atoms with Crippen molar-refractivity contribution in [2.45, 2.75) is 26.4 Å². The smallest absolute Gasteiger partial charge is 0.298 e. The molecule has 216 valence electrons. The molecule has 10 nitrogen and oxygen atoms in total. The molecule has 2 aromatic carbocycles. The van der Waals surface area contributed by atoms with Gasteiger partial charge < -0.3 is 25.0 Å². The van der Waals surface area contributed by atoms with Crippen LogP contribution in [-0.4, -0.2) is 65.4 Å². The zero-order chi connectivity index (χ0) is 30.0. The third-order valence-corrected chi connectivity index (χ3v) is 7.54. The fourth-order valence-corrected chi connectivity index (χ4v) is 5.37. The van der Waals surface area contributed by atoms with E-state index in [0.29, 0.717) is 30.0 Å². The van der Waals surface area contributed by atoms with Crippen LogP contribution in [0.5, 0.6) is 0 Å². The van der Waals surface area contributed by atoms with Crippen molar-refractivity contribution in [3.63, 3.8) is 0 Å². The molecule has 11 heteroatoms. The van der Waals surface area contributed by atoms with Gasteiger partial charge in [-0.15, -0.1) is 0 Å². The lowest BCUT2D eigenvalue weighted by atomic mass is 10.0. The molecule has 1 unspecified atom stereocenters. The number of aromatic nitrogens is 1. The van der Waals surface area contributed by atoms with E-state index in [1.807, 2.05) is 54.3 Å². The van der Waals surface area contributed by atoms with Crippen LogP contribution in [0.4, 0.5) is 15.8 Å². The van der Waals surface area contributed by atoms with Crippen LogP contribution in [-0.2, 0) is 23.2 Å². The summed E-state index contributed by atoms with van der Waals surface area (Å²) in [6.45, 7) is 8.22. The third kappa shape index (κ3) is 5.58. The van der Waals surface area contributed by atoms with Gasteiger partial charge in [-0.1, -0.05) is 30.3 Å². The van der Waals surface area contributed by atoms with E-state index < -0.39 is 23.6 Å². The first-order chi connectivity index (χ1) is 20.2. The van der Waals surface area contributed by atoms with Gasteiger partial charge in [0.15, 0.2) is 0 Å². The van der Waals surface area contributed by atoms with Crippen molar-refractivity contribution in [3.8, 4) is 11.1 Å². The second kappa shape index (κ2) is 11.8. The van der Waals surface area contributed by atoms with Crippen LogP contribution in [0.3, 0.4) is 0 Å². The Balaban J connectivity index is 1.36. The summed E-state index contributed by atoms with van der Waals surface area (Å²) in [5, 5.41) is 5.69. The van der Waals surface area contributed by atoms with E-state index in [-0.39, 0.29) is 25.0 Å². The summed E-state index contributed by atoms with van der Waals surface area (Å²) in [5.74, 6) is -1.79. The topological polar surface area (TPSA) is 111 Å². The minimum atomic E-state index is -0.751. The molecular formula is C31H32FN7O3. The zero-order valence-corrected chi connectivity index (χ0v) is 23.7. The van der Waals surface area contributed by atoms with E-state index in [1.165, 1.54) is 6.92 Å². The largest absolute Gasteiger partial charge is 0.356 e. The lowest BCUT2D eigenvalue weighted by molar-refractivity contribution is -0.123. The number of Topliss-reactive ketones (excluding diaryl/α,β-unsaturated/α-hetero) is 1. The summed E-state index contributed by atoms with van der Waals surface area (Å²) in [5.41, 5.74) is 4.81. The van der Waals surface area contributed by atoms with Crippen molar-refractivity contribution in [2.24, 2.45) is 17.0 Å². The van der Waals surface area contributed by atoms with E-state index in [4.69, 9.17) is 0 Å². The van der Waals surface area contributed by atoms with Gasteiger partial charge in [0.2, 0.25) is 11.9 Å². The van der Waals surface area contributed by atoms with Crippen LogP contribution in [0.25, 0.3) is 11.1 Å². The molecule has 0 radical (unpaired) electrons. The van der Waals surface area contributed by atoms with E-state index >= 15 is 0 Å². The number of aliphatic imine (C=N–C) groups is 2. The number of nitrogens with zero attached hydrogens (tertiary/aromatic N) is 5. The van der Waals surface area contributed by atoms with Crippen molar-refractivity contribution >= 4 is 41.6 Å². The maximum absolute atomic E-state index is 13.4. The second-order valence-electron chi connectivity index (χ2n) is 10.3. The molecule has 3 heterocycles. The number of allylic oxidation sites excluding steroid dienone is 1. The molecule has 1 fully saturated rings. The predicted molar refractivity (Wildman–Crippen MR) is 161 cm³/mol. The number of anilines is 2. The molecule has 0 aliphatic carbocycles. The van der Waals surface area contributed by atoms with Crippen LogP contribution < -0.4 is 15.5 Å². The van der Waals surface area contributed by atoms with E-state index in [2.05, 4.69) is 27.3 Å². The summed E-state index contributed by atoms with van der Waals surface area (Å²) >= 11 is 0. The van der Waals surface area contributed by atoms with Crippen molar-refractivity contribution < 1.29 is 18.8 Å². The van der Waals surface area contributed by atoms with Crippen LogP contribution >= 0.6 is 0 Å². The first-order valence-electron chi connectivity index (χ1n) is 13.5. The maximum Gasteiger partial charge on any atom is 0.298 e. The van der Waals surface area contributed by atoms with Gasteiger partial charge in [-0.05, 0) is 56.0 Å². The Morgan fingerprint density at radius 3 is 2.62 bits per heavy atom. The minimum Gasteiger partial charge on any atom is -0.356 e. The molecule has 0 saturated carbocycles. The maximum atomic E-state index is 13.4. The molecule has 1 saturated heterocycles. The first-order valence-corrected chi connectivity index (χ1v) is 13.5. The number of guanidine groups is 1. The number of aryl methyl sites for hydroxylation is 1. The number of rotatable bonds is 5. The fraction of sp³-hybridized carbons (Fsp3) is 0.258. The highest BCUT2D eigenvalue weighted by Crippen LogP contribution is 2.31. The Bertz CT molecular complexity index is 1620. The van der Waals surface area contributed by atoms with E-state index in [1.54, 1.807) is 28.6 Å². The van der Waals surface area contributed by atoms with Gasteiger partial charge in [-0.25, -0.2) is 14.4 Å². The van der Waals surface area contributed by atoms with Gasteiger partial charge in [0.05, 0.1) is 12.7 Å². The monoisotopic (exact) mass is 569 g/mol. The van der Waals surface area contributed by atoms with Crippen molar-refractivity contribution in [3.05, 3.63) is 83.6 Å². The number of hydrogen-bond acceptors (Lipinski definition) is 5. The molecule has 1 aromatic heterocycles. The van der Waals surface area contributed by atoms with Gasteiger partial charge in [-0.3, -0.25) is 14.4 Å². The molecule has 3 aromatic rings. The third-order valence-electron chi connectivity index (χ3n) is 7.54. The summed E-state index contributed by atoms with van der Waals surface area (Å²) < 4.78 is 14.9. The number of ketones is 1. The van der Waals surface area contributed by atoms with Crippen molar-refractivity contribution in [1.82, 2.24) is 14.8 Å². The number of piperazine rings is 1. The molecule has 2 aliphatic heterocycles. The number of amides is 2. The van der Waals surface area contributed by atoms with Crippen LogP contribution in [0.15, 0.2) is 76.6 Å². The molecular weight excluding hydrogens is 537 g/mol. The molecule has 2 aliphatic rings. The molecule has 0 spiro atoms. The summed E-state index contributed by atoms with van der Waals surface area (Å²) in [7, 11) is 1.77. The van der Waals surface area contributed by atoms with Crippen LogP contribution in [0, 0.1) is 6.92 Å². The number of halogens is 1. The summed E-state index contributed by atoms with van der Waals surface area (Å²) in [6, 6.07) is 16.2. The number of fused-ring (bicyclic) bond motifs is 3. The number of carbonyl (C=O) groups is 3. The molecule has 5 rings (SSSR count). The Hall–Kier alpha value is -5.06. The quantitative estimate of drug-likeness (QED) is 0.210. The van der Waals surface area contributed by atoms with Gasteiger partial charge in [0.25, 0.3) is 11.7 Å². The second-order valence-corrected chi connectivity index (χ2v) is 10.3. The van der Waals surface area contributed by atoms with Gasteiger partial charge >= 0.3 is 0 Å². The molecule has 42 heavy (non-hydrogen) atoms. The summed E-state index contributed by atoms with van der Waals surface area (Å²) in [6.07, 6.45) is 1.07. The van der Waals surface area contributed by atoms with Crippen molar-refractivity contribution in [1.29, 1.82) is 0 Å². The highest BCUT2D eigenvalue weighted by Gasteiger charge is 2.36. The number of benzene rings is 2. The molecule has 2 N–H and O–H groups in total. The average Bonchev–Trinajstić information content (AvgIpc) is 3.21. The SMILES string of the molecule is C=N/C(=N\C=C(/C)F)N1CCN2c3ccc(NC(=O)C(=O)c4c(-c5ccccc5)cc(C)n4C)cc3CNC(=O)C2C1. The van der Waals surface area contributed by atoms with Gasteiger partial charge in [0.1, 0.15) is 17.6 Å². The Kier molecular flexibility index (Phi) is 8.01. The van der Waals surface area contributed by atoms with E-state index in [0.717, 1.165) is 28.7 Å². The molecule has 2 amide bonds. The number of carbonyl (C=O) groups excluding carboxylic acids is 3. The fourth-order valence-electron chi connectivity index (χ4n) is 5.37. The van der Waals surface area contributed by atoms with E-state index in [9.17, 15) is 18.8 Å². The van der Waals surface area contributed by atoms with Gasteiger partial charge in [-0.2, -0.15) is 0 Å². The number of nitrogens with one attached hydrogen (secondary N) is 2. The Morgan fingerprint density at radius 1 is 1.14 bits per heavy atom. The lowest BCUT2D eigenvalue weighted by Gasteiger charge is -2.41. The standard InChI is InChI=1S/C31H32FN7O3/c1-19(32)16-35-31(33-3)38-12-13-39-25-11-10-23(15-22(25)17-34-29(41)26(39)18-38)36-30(42)28(40)27-24(14-20(2)37(27)4)21-8-6-5-7-9-21/h5-11,14-16,26H,3,12-13,17-18H2,1-2,4H3,(H,34,41)(H,36,42)/b19-16+,35-31+. The zero-order valence-electron chi connectivity index (χ0n) is 23.7. The Morgan fingerprint density at radius 2 is 1.90 bits per heavy atom. The minimum absolute atomic E-state index is 0.176. The lowest BCUT2D eigenvalue weighted by Crippen LogP contribution is -2.59. The highest BCUT2D eigenvalue weighted by molar-refractivity contribution is 6.47. The normalized spacial score (nSPS) is 17.1. The molecule has 1 atom stereocenters. The number of hydrogen-bond donors (Lipinski definition) is 2. The average molecular weight is 570 g/mol. The molecule has 0 bridgehead atoms. The summed E-state index contributed by atoms with van der Waals surface area (Å²) in [4.78, 5) is 51.4. The van der Waals surface area contributed by atoms with Crippen LogP contribution in [0.2, 0.25) is 0 Å². The first kappa shape index (κ1) is 28.5. The van der Waals surface area contributed by atoms with Crippen molar-refractivity contribution in [2.75, 3.05) is 29.9 Å². The van der Waals surface area contributed by atoms with Crippen LogP contribution in [0.1, 0.15) is 28.7 Å².